The first-order valence-electron chi connectivity index (χ1n) is 10.7. The van der Waals surface area contributed by atoms with Crippen molar-refractivity contribution in [3.05, 3.63) is 66.9 Å². The van der Waals surface area contributed by atoms with Gasteiger partial charge in [-0.2, -0.15) is 0 Å². The number of hydrogen-bond donors (Lipinski definition) is 1. The summed E-state index contributed by atoms with van der Waals surface area (Å²) in [7, 11) is 4.00. The average Bonchev–Trinajstić information content (AvgIpc) is 3.28. The Bertz CT molecular complexity index is 1210. The summed E-state index contributed by atoms with van der Waals surface area (Å²) in [6.07, 6.45) is 7.31. The summed E-state index contributed by atoms with van der Waals surface area (Å²) in [6.45, 7) is 2.79. The van der Waals surface area contributed by atoms with Crippen LogP contribution in [0.2, 0.25) is 0 Å². The second kappa shape index (κ2) is 8.30. The minimum absolute atomic E-state index is 0.0132. The average molecular weight is 428 g/mol. The van der Waals surface area contributed by atoms with E-state index in [1.54, 1.807) is 6.20 Å². The molecular formula is C24H25N7O. The van der Waals surface area contributed by atoms with E-state index in [4.69, 9.17) is 0 Å². The van der Waals surface area contributed by atoms with Crippen LogP contribution in [-0.4, -0.2) is 71.0 Å². The molecule has 1 amide bonds. The number of aromatic amines is 1. The molecule has 0 spiro atoms. The van der Waals surface area contributed by atoms with Gasteiger partial charge in [-0.3, -0.25) is 9.78 Å². The first-order valence-corrected chi connectivity index (χ1v) is 10.7. The Morgan fingerprint density at radius 2 is 1.81 bits per heavy atom. The van der Waals surface area contributed by atoms with E-state index < -0.39 is 0 Å². The molecule has 8 nitrogen and oxygen atoms in total. The number of hydrogen-bond acceptors (Lipinski definition) is 6. The third-order valence-corrected chi connectivity index (χ3v) is 5.83. The number of carbonyl (C=O) groups excluding carboxylic acids is 1. The number of nitrogens with one attached hydrogen (secondary N) is 1. The van der Waals surface area contributed by atoms with E-state index in [0.717, 1.165) is 46.8 Å². The second-order valence-electron chi connectivity index (χ2n) is 8.13. The van der Waals surface area contributed by atoms with Crippen molar-refractivity contribution in [1.29, 1.82) is 0 Å². The van der Waals surface area contributed by atoms with Gasteiger partial charge in [0, 0.05) is 75.4 Å². The molecule has 0 saturated carbocycles. The fraction of sp³-hybridized carbons (Fsp3) is 0.250. The number of nitrogens with zero attached hydrogens (tertiary/aromatic N) is 6. The molecule has 1 aliphatic rings. The highest BCUT2D eigenvalue weighted by Gasteiger charge is 2.24. The second-order valence-corrected chi connectivity index (χ2v) is 8.13. The molecule has 8 heteroatoms. The number of carbonyl (C=O) groups is 1. The molecular weight excluding hydrogens is 402 g/mol. The van der Waals surface area contributed by atoms with Gasteiger partial charge in [0.2, 0.25) is 0 Å². The molecule has 4 aromatic heterocycles. The third-order valence-electron chi connectivity index (χ3n) is 5.83. The van der Waals surface area contributed by atoms with Gasteiger partial charge in [-0.15, -0.1) is 0 Å². The van der Waals surface area contributed by atoms with Crippen molar-refractivity contribution in [3.8, 4) is 11.1 Å². The number of H-pyrrole nitrogens is 1. The zero-order valence-electron chi connectivity index (χ0n) is 18.2. The molecule has 4 aromatic rings. The Hall–Kier alpha value is -3.94. The number of rotatable bonds is 4. The predicted octanol–water partition coefficient (Wildman–Crippen LogP) is 3.05. The molecule has 0 aliphatic carbocycles. The Kier molecular flexibility index (Phi) is 5.18. The summed E-state index contributed by atoms with van der Waals surface area (Å²) >= 11 is 0. The van der Waals surface area contributed by atoms with E-state index in [1.807, 2.05) is 66.8 Å². The van der Waals surface area contributed by atoms with Crippen LogP contribution in [0.3, 0.4) is 0 Å². The Morgan fingerprint density at radius 1 is 0.969 bits per heavy atom. The monoisotopic (exact) mass is 427 g/mol. The lowest BCUT2D eigenvalue weighted by Crippen LogP contribution is -2.49. The number of amides is 1. The SMILES string of the molecule is CN(C)c1cncc(-c2ccc(N3CCN(C(=O)c4cc5cccnc5[nH]4)CC3)nc2)c1. The zero-order valence-corrected chi connectivity index (χ0v) is 18.2. The van der Waals surface area contributed by atoms with Crippen molar-refractivity contribution in [3.63, 3.8) is 0 Å². The summed E-state index contributed by atoms with van der Waals surface area (Å²) in [5, 5.41) is 0.949. The fourth-order valence-electron chi connectivity index (χ4n) is 3.96. The largest absolute Gasteiger partial charge is 0.376 e. The van der Waals surface area contributed by atoms with Gasteiger partial charge < -0.3 is 19.7 Å². The van der Waals surface area contributed by atoms with E-state index in [9.17, 15) is 4.79 Å². The summed E-state index contributed by atoms with van der Waals surface area (Å²) in [5.41, 5.74) is 4.45. The Balaban J connectivity index is 1.24. The van der Waals surface area contributed by atoms with Gasteiger partial charge >= 0.3 is 0 Å². The van der Waals surface area contributed by atoms with Gasteiger partial charge in [-0.25, -0.2) is 9.97 Å². The summed E-state index contributed by atoms with van der Waals surface area (Å²) in [6, 6.07) is 11.9. The first-order chi connectivity index (χ1) is 15.6. The van der Waals surface area contributed by atoms with Crippen LogP contribution in [0, 0.1) is 0 Å². The molecule has 0 unspecified atom stereocenters. The maximum absolute atomic E-state index is 12.9. The van der Waals surface area contributed by atoms with E-state index in [1.165, 1.54) is 0 Å². The molecule has 0 atom stereocenters. The van der Waals surface area contributed by atoms with E-state index >= 15 is 0 Å². The van der Waals surface area contributed by atoms with Crippen molar-refractivity contribution in [2.24, 2.45) is 0 Å². The maximum atomic E-state index is 12.9. The molecule has 1 aliphatic heterocycles. The van der Waals surface area contributed by atoms with Crippen LogP contribution >= 0.6 is 0 Å². The molecule has 162 valence electrons. The van der Waals surface area contributed by atoms with E-state index in [0.29, 0.717) is 18.8 Å². The van der Waals surface area contributed by atoms with Gasteiger partial charge in [0.15, 0.2) is 0 Å². The van der Waals surface area contributed by atoms with Gasteiger partial charge in [-0.1, -0.05) is 0 Å². The van der Waals surface area contributed by atoms with Crippen molar-refractivity contribution < 1.29 is 4.79 Å². The van der Waals surface area contributed by atoms with Crippen LogP contribution in [0.5, 0.6) is 0 Å². The normalized spacial score (nSPS) is 14.1. The quantitative estimate of drug-likeness (QED) is 0.539. The molecule has 5 rings (SSSR count). The van der Waals surface area contributed by atoms with Crippen LogP contribution in [0.4, 0.5) is 11.5 Å². The Morgan fingerprint density at radius 3 is 2.53 bits per heavy atom. The highest BCUT2D eigenvalue weighted by atomic mass is 16.2. The minimum atomic E-state index is 0.0132. The minimum Gasteiger partial charge on any atom is -0.376 e. The highest BCUT2D eigenvalue weighted by molar-refractivity contribution is 5.97. The first kappa shape index (κ1) is 20.0. The van der Waals surface area contributed by atoms with Crippen LogP contribution < -0.4 is 9.80 Å². The van der Waals surface area contributed by atoms with Crippen molar-refractivity contribution in [1.82, 2.24) is 24.8 Å². The summed E-state index contributed by atoms with van der Waals surface area (Å²) in [4.78, 5) is 35.5. The van der Waals surface area contributed by atoms with Crippen LogP contribution in [0.1, 0.15) is 10.5 Å². The lowest BCUT2D eigenvalue weighted by molar-refractivity contribution is 0.0741. The number of fused-ring (bicyclic) bond motifs is 1. The summed E-state index contributed by atoms with van der Waals surface area (Å²) in [5.74, 6) is 0.937. The van der Waals surface area contributed by atoms with Gasteiger partial charge in [0.25, 0.3) is 5.91 Å². The smallest absolute Gasteiger partial charge is 0.270 e. The van der Waals surface area contributed by atoms with Crippen molar-refractivity contribution >= 4 is 28.4 Å². The Labute approximate surface area is 186 Å². The van der Waals surface area contributed by atoms with Crippen LogP contribution in [0.15, 0.2) is 61.2 Å². The standard InChI is InChI=1S/C24H25N7O/c1-29(2)20-12-19(14-25-16-20)18-5-6-22(27-15-18)30-8-10-31(11-9-30)24(32)21-13-17-4-3-7-26-23(17)28-21/h3-7,12-16H,8-11H2,1-2H3,(H,26,28). The number of anilines is 2. The van der Waals surface area contributed by atoms with Crippen LogP contribution in [0.25, 0.3) is 22.2 Å². The third kappa shape index (κ3) is 3.87. The molecule has 5 heterocycles. The molecule has 0 aromatic carbocycles. The van der Waals surface area contributed by atoms with Gasteiger partial charge in [-0.05, 0) is 36.4 Å². The molecule has 0 bridgehead atoms. The van der Waals surface area contributed by atoms with Crippen molar-refractivity contribution in [2.45, 2.75) is 0 Å². The lowest BCUT2D eigenvalue weighted by Gasteiger charge is -2.35. The fourth-order valence-corrected chi connectivity index (χ4v) is 3.96. The van der Waals surface area contributed by atoms with Crippen molar-refractivity contribution in [2.75, 3.05) is 50.1 Å². The topological polar surface area (TPSA) is 81.3 Å². The zero-order chi connectivity index (χ0) is 22.1. The predicted molar refractivity (Wildman–Crippen MR) is 126 cm³/mol. The summed E-state index contributed by atoms with van der Waals surface area (Å²) < 4.78 is 0. The number of aromatic nitrogens is 4. The van der Waals surface area contributed by atoms with Gasteiger partial charge in [0.05, 0.1) is 11.9 Å². The van der Waals surface area contributed by atoms with Crippen LogP contribution in [-0.2, 0) is 0 Å². The molecule has 1 saturated heterocycles. The van der Waals surface area contributed by atoms with E-state index in [2.05, 4.69) is 37.0 Å². The molecule has 1 N–H and O–H groups in total. The molecule has 0 radical (unpaired) electrons. The lowest BCUT2D eigenvalue weighted by atomic mass is 10.1. The molecule has 32 heavy (non-hydrogen) atoms. The number of pyridine rings is 3. The van der Waals surface area contributed by atoms with Gasteiger partial charge in [0.1, 0.15) is 17.2 Å². The highest BCUT2D eigenvalue weighted by Crippen LogP contribution is 2.24. The maximum Gasteiger partial charge on any atom is 0.270 e. The molecule has 1 fully saturated rings. The number of piperazine rings is 1. The van der Waals surface area contributed by atoms with E-state index in [-0.39, 0.29) is 5.91 Å².